The highest BCUT2D eigenvalue weighted by Crippen LogP contribution is 2.28. The zero-order valence-corrected chi connectivity index (χ0v) is 12.9. The molecule has 0 amide bonds. The molecular weight excluding hydrogens is 313 g/mol. The fourth-order valence-corrected chi connectivity index (χ4v) is 2.73. The molecule has 1 aromatic rings. The Morgan fingerprint density at radius 3 is 2.63 bits per heavy atom. The second kappa shape index (κ2) is 7.01. The molecule has 0 aliphatic carbocycles. The molecule has 106 valence electrons. The van der Waals surface area contributed by atoms with Crippen LogP contribution in [-0.4, -0.2) is 28.6 Å². The summed E-state index contributed by atoms with van der Waals surface area (Å²) < 4.78 is 14.7. The molecule has 0 saturated carbocycles. The molecule has 1 rings (SSSR count). The van der Waals surface area contributed by atoms with Gasteiger partial charge in [-0.25, -0.2) is 4.39 Å². The molecule has 0 fully saturated rings. The van der Waals surface area contributed by atoms with Crippen LogP contribution < -0.4 is 0 Å². The molecular formula is C14H19BrFNO2. The molecule has 0 aliphatic heterocycles. The number of nitrogens with zero attached hydrogens (tertiary/aromatic N) is 1. The lowest BCUT2D eigenvalue weighted by Crippen LogP contribution is -2.37. The first-order valence-electron chi connectivity index (χ1n) is 6.29. The molecule has 0 heterocycles. The van der Waals surface area contributed by atoms with Crippen molar-refractivity contribution in [1.29, 1.82) is 0 Å². The summed E-state index contributed by atoms with van der Waals surface area (Å²) in [6.07, 6.45) is 0.0494. The van der Waals surface area contributed by atoms with Crippen LogP contribution in [0.15, 0.2) is 22.7 Å². The zero-order valence-electron chi connectivity index (χ0n) is 11.4. The van der Waals surface area contributed by atoms with E-state index in [0.717, 1.165) is 4.47 Å². The number of benzene rings is 1. The summed E-state index contributed by atoms with van der Waals surface area (Å²) in [6.45, 7) is 6.36. The summed E-state index contributed by atoms with van der Waals surface area (Å²) in [5.74, 6) is -1.11. The number of carboxylic acids is 1. The third-order valence-electron chi connectivity index (χ3n) is 3.31. The SMILES string of the molecule is CCN(C(C)CC(=O)O)C(C)c1cc(Br)ccc1F. The van der Waals surface area contributed by atoms with Crippen molar-refractivity contribution in [3.8, 4) is 0 Å². The Kier molecular flexibility index (Phi) is 5.94. The molecule has 0 saturated heterocycles. The minimum atomic E-state index is -0.840. The normalized spacial score (nSPS) is 14.4. The third kappa shape index (κ3) is 4.28. The molecule has 0 radical (unpaired) electrons. The molecule has 5 heteroatoms. The van der Waals surface area contributed by atoms with Crippen LogP contribution in [0.4, 0.5) is 4.39 Å². The summed E-state index contributed by atoms with van der Waals surface area (Å²) in [5.41, 5.74) is 0.577. The number of rotatable bonds is 6. The summed E-state index contributed by atoms with van der Waals surface area (Å²) in [4.78, 5) is 12.8. The number of hydrogen-bond acceptors (Lipinski definition) is 2. The van der Waals surface area contributed by atoms with Crippen LogP contribution in [0.3, 0.4) is 0 Å². The second-order valence-electron chi connectivity index (χ2n) is 4.62. The lowest BCUT2D eigenvalue weighted by atomic mass is 10.0. The number of carbonyl (C=O) groups is 1. The van der Waals surface area contributed by atoms with E-state index in [0.29, 0.717) is 12.1 Å². The van der Waals surface area contributed by atoms with Gasteiger partial charge in [-0.3, -0.25) is 9.69 Å². The number of hydrogen-bond donors (Lipinski definition) is 1. The Morgan fingerprint density at radius 1 is 1.47 bits per heavy atom. The van der Waals surface area contributed by atoms with Crippen LogP contribution in [0, 0.1) is 5.82 Å². The van der Waals surface area contributed by atoms with Crippen molar-refractivity contribution in [2.75, 3.05) is 6.54 Å². The standard InChI is InChI=1S/C14H19BrFNO2/c1-4-17(9(2)7-14(18)19)10(3)12-8-11(15)5-6-13(12)16/h5-6,8-10H,4,7H2,1-3H3,(H,18,19). The monoisotopic (exact) mass is 331 g/mol. The van der Waals surface area contributed by atoms with Gasteiger partial charge in [0.2, 0.25) is 0 Å². The minimum Gasteiger partial charge on any atom is -0.481 e. The highest BCUT2D eigenvalue weighted by molar-refractivity contribution is 9.10. The van der Waals surface area contributed by atoms with E-state index in [-0.39, 0.29) is 24.3 Å². The van der Waals surface area contributed by atoms with E-state index < -0.39 is 5.97 Å². The van der Waals surface area contributed by atoms with E-state index in [2.05, 4.69) is 15.9 Å². The van der Waals surface area contributed by atoms with Crippen molar-refractivity contribution in [2.24, 2.45) is 0 Å². The van der Waals surface area contributed by atoms with Gasteiger partial charge in [0.25, 0.3) is 0 Å². The van der Waals surface area contributed by atoms with Gasteiger partial charge in [0.15, 0.2) is 0 Å². The maximum absolute atomic E-state index is 13.9. The van der Waals surface area contributed by atoms with E-state index in [1.807, 2.05) is 25.7 Å². The van der Waals surface area contributed by atoms with Crippen LogP contribution in [0.25, 0.3) is 0 Å². The summed E-state index contributed by atoms with van der Waals surface area (Å²) in [6, 6.07) is 4.51. The van der Waals surface area contributed by atoms with Crippen LogP contribution in [0.5, 0.6) is 0 Å². The predicted octanol–water partition coefficient (Wildman–Crippen LogP) is 3.83. The maximum atomic E-state index is 13.9. The van der Waals surface area contributed by atoms with Gasteiger partial charge in [-0.15, -0.1) is 0 Å². The van der Waals surface area contributed by atoms with Crippen molar-refractivity contribution < 1.29 is 14.3 Å². The van der Waals surface area contributed by atoms with Gasteiger partial charge in [0.1, 0.15) is 5.82 Å². The number of carboxylic acid groups (broad SMARTS) is 1. The summed E-state index contributed by atoms with van der Waals surface area (Å²) in [5, 5.41) is 8.87. The Balaban J connectivity index is 2.97. The fourth-order valence-electron chi connectivity index (χ4n) is 2.35. The highest BCUT2D eigenvalue weighted by Gasteiger charge is 2.23. The van der Waals surface area contributed by atoms with Gasteiger partial charge < -0.3 is 5.11 Å². The molecule has 3 nitrogen and oxygen atoms in total. The van der Waals surface area contributed by atoms with Crippen molar-refractivity contribution >= 4 is 21.9 Å². The van der Waals surface area contributed by atoms with Gasteiger partial charge in [-0.05, 0) is 38.6 Å². The number of halogens is 2. The first kappa shape index (κ1) is 16.1. The van der Waals surface area contributed by atoms with E-state index in [1.54, 1.807) is 12.1 Å². The van der Waals surface area contributed by atoms with Crippen LogP contribution in [-0.2, 0) is 4.79 Å². The van der Waals surface area contributed by atoms with Crippen LogP contribution in [0.2, 0.25) is 0 Å². The van der Waals surface area contributed by atoms with Gasteiger partial charge in [0, 0.05) is 22.1 Å². The van der Waals surface area contributed by atoms with Crippen molar-refractivity contribution in [1.82, 2.24) is 4.90 Å². The quantitative estimate of drug-likeness (QED) is 0.861. The van der Waals surface area contributed by atoms with Crippen molar-refractivity contribution in [3.05, 3.63) is 34.1 Å². The van der Waals surface area contributed by atoms with Crippen molar-refractivity contribution in [3.63, 3.8) is 0 Å². The molecule has 2 unspecified atom stereocenters. The van der Waals surface area contributed by atoms with Gasteiger partial charge in [-0.1, -0.05) is 22.9 Å². The average Bonchev–Trinajstić information content (AvgIpc) is 2.32. The van der Waals surface area contributed by atoms with Gasteiger partial charge in [0.05, 0.1) is 6.42 Å². The van der Waals surface area contributed by atoms with Crippen LogP contribution >= 0.6 is 15.9 Å². The molecule has 0 aliphatic rings. The molecule has 0 spiro atoms. The lowest BCUT2D eigenvalue weighted by molar-refractivity contribution is -0.138. The summed E-state index contributed by atoms with van der Waals surface area (Å²) in [7, 11) is 0. The highest BCUT2D eigenvalue weighted by atomic mass is 79.9. The Bertz CT molecular complexity index is 453. The molecule has 2 atom stereocenters. The molecule has 0 aromatic heterocycles. The van der Waals surface area contributed by atoms with Crippen LogP contribution in [0.1, 0.15) is 38.8 Å². The van der Waals surface area contributed by atoms with E-state index in [4.69, 9.17) is 5.11 Å². The Labute approximate surface area is 121 Å². The molecule has 1 aromatic carbocycles. The van der Waals surface area contributed by atoms with E-state index in [9.17, 15) is 9.18 Å². The van der Waals surface area contributed by atoms with E-state index in [1.165, 1.54) is 6.07 Å². The van der Waals surface area contributed by atoms with Gasteiger partial charge in [-0.2, -0.15) is 0 Å². The molecule has 19 heavy (non-hydrogen) atoms. The number of aliphatic carboxylic acids is 1. The smallest absolute Gasteiger partial charge is 0.304 e. The van der Waals surface area contributed by atoms with Gasteiger partial charge >= 0.3 is 5.97 Å². The van der Waals surface area contributed by atoms with E-state index >= 15 is 0 Å². The fraction of sp³-hybridized carbons (Fsp3) is 0.500. The predicted molar refractivity (Wildman–Crippen MR) is 76.6 cm³/mol. The van der Waals surface area contributed by atoms with Crippen molar-refractivity contribution in [2.45, 2.75) is 39.3 Å². The zero-order chi connectivity index (χ0) is 14.6. The minimum absolute atomic E-state index is 0.0494. The maximum Gasteiger partial charge on any atom is 0.304 e. The average molecular weight is 332 g/mol. The first-order chi connectivity index (χ1) is 8.86. The molecule has 0 bridgehead atoms. The topological polar surface area (TPSA) is 40.5 Å². The first-order valence-corrected chi connectivity index (χ1v) is 7.08. The second-order valence-corrected chi connectivity index (χ2v) is 5.53. The third-order valence-corrected chi connectivity index (χ3v) is 3.80. The Morgan fingerprint density at radius 2 is 2.11 bits per heavy atom. The largest absolute Gasteiger partial charge is 0.481 e. The lowest BCUT2D eigenvalue weighted by Gasteiger charge is -2.33. The summed E-state index contributed by atoms with van der Waals surface area (Å²) >= 11 is 3.33. The Hall–Kier alpha value is -0.940. The molecule has 1 N–H and O–H groups in total.